The lowest BCUT2D eigenvalue weighted by Gasteiger charge is -2.11. The lowest BCUT2D eigenvalue weighted by Crippen LogP contribution is -2.20. The highest BCUT2D eigenvalue weighted by Gasteiger charge is 2.09. The maximum absolute atomic E-state index is 4.60. The fourth-order valence-corrected chi connectivity index (χ4v) is 2.54. The summed E-state index contributed by atoms with van der Waals surface area (Å²) in [7, 11) is 2.01. The molecule has 2 aromatic heterocycles. The molecule has 4 heteroatoms. The van der Waals surface area contributed by atoms with E-state index in [-0.39, 0.29) is 0 Å². The first-order chi connectivity index (χ1) is 7.33. The van der Waals surface area contributed by atoms with Crippen LogP contribution in [-0.2, 0) is 6.42 Å². The predicted octanol–water partition coefficient (Wildman–Crippen LogP) is 2.18. The van der Waals surface area contributed by atoms with E-state index in [1.54, 1.807) is 11.3 Å². The summed E-state index contributed by atoms with van der Waals surface area (Å²) in [6.07, 6.45) is 6.48. The number of imidazole rings is 1. The highest BCUT2D eigenvalue weighted by atomic mass is 32.1. The average molecular weight is 223 g/mol. The summed E-state index contributed by atoms with van der Waals surface area (Å²) in [5.74, 6) is 0.694. The average Bonchev–Trinajstić information content (AvgIpc) is 2.77. The first-order valence-electron chi connectivity index (χ1n) is 5.39. The lowest BCUT2D eigenvalue weighted by atomic mass is 10.0. The van der Waals surface area contributed by atoms with Gasteiger partial charge in [-0.05, 0) is 25.9 Å². The maximum Gasteiger partial charge on any atom is 0.193 e. The van der Waals surface area contributed by atoms with Crippen LogP contribution < -0.4 is 5.32 Å². The summed E-state index contributed by atoms with van der Waals surface area (Å²) in [5, 5.41) is 5.30. The van der Waals surface area contributed by atoms with E-state index >= 15 is 0 Å². The molecule has 0 spiro atoms. The zero-order chi connectivity index (χ0) is 10.7. The molecule has 0 aromatic carbocycles. The Morgan fingerprint density at radius 1 is 1.60 bits per heavy atom. The molecule has 82 valence electrons. The van der Waals surface area contributed by atoms with Gasteiger partial charge in [-0.15, -0.1) is 11.3 Å². The molecule has 2 heterocycles. The van der Waals surface area contributed by atoms with Gasteiger partial charge in [-0.3, -0.25) is 4.40 Å². The van der Waals surface area contributed by atoms with Crippen molar-refractivity contribution in [3.8, 4) is 0 Å². The summed E-state index contributed by atoms with van der Waals surface area (Å²) in [4.78, 5) is 5.70. The normalized spacial score (nSPS) is 13.5. The van der Waals surface area contributed by atoms with E-state index in [1.165, 1.54) is 12.1 Å². The molecule has 0 aliphatic heterocycles. The first kappa shape index (κ1) is 10.6. The van der Waals surface area contributed by atoms with Crippen LogP contribution in [0.15, 0.2) is 17.8 Å². The Morgan fingerprint density at radius 3 is 3.13 bits per heavy atom. The molecule has 0 amide bonds. The molecule has 0 aliphatic rings. The molecule has 0 aliphatic carbocycles. The topological polar surface area (TPSA) is 29.3 Å². The number of hydrogen-bond donors (Lipinski definition) is 1. The molecule has 1 N–H and O–H groups in total. The number of fused-ring (bicyclic) bond motifs is 1. The summed E-state index contributed by atoms with van der Waals surface area (Å²) < 4.78 is 2.10. The number of hydrogen-bond acceptors (Lipinski definition) is 3. The smallest absolute Gasteiger partial charge is 0.193 e. The van der Waals surface area contributed by atoms with Crippen molar-refractivity contribution in [2.45, 2.75) is 19.8 Å². The Hall–Kier alpha value is -0.870. The Morgan fingerprint density at radius 2 is 2.47 bits per heavy atom. The van der Waals surface area contributed by atoms with Crippen molar-refractivity contribution >= 4 is 16.3 Å². The fraction of sp³-hybridized carbons (Fsp3) is 0.545. The SMILES string of the molecule is CCC(CNC)Cc1cn2ccsc2n1. The largest absolute Gasteiger partial charge is 0.319 e. The zero-order valence-corrected chi connectivity index (χ0v) is 10.0. The Balaban J connectivity index is 2.07. The summed E-state index contributed by atoms with van der Waals surface area (Å²) >= 11 is 1.69. The van der Waals surface area contributed by atoms with Crippen molar-refractivity contribution < 1.29 is 0 Å². The number of nitrogens with one attached hydrogen (secondary N) is 1. The third-order valence-electron chi connectivity index (χ3n) is 2.71. The van der Waals surface area contributed by atoms with Gasteiger partial charge in [0.15, 0.2) is 4.96 Å². The molecular formula is C11H17N3S. The van der Waals surface area contributed by atoms with E-state index < -0.39 is 0 Å². The van der Waals surface area contributed by atoms with Crippen LogP contribution in [-0.4, -0.2) is 23.0 Å². The maximum atomic E-state index is 4.60. The third kappa shape index (κ3) is 2.38. The summed E-state index contributed by atoms with van der Waals surface area (Å²) in [6, 6.07) is 0. The van der Waals surface area contributed by atoms with E-state index in [0.29, 0.717) is 5.92 Å². The van der Waals surface area contributed by atoms with Crippen LogP contribution >= 0.6 is 11.3 Å². The second-order valence-corrected chi connectivity index (χ2v) is 4.73. The number of aromatic nitrogens is 2. The monoisotopic (exact) mass is 223 g/mol. The summed E-state index contributed by atoms with van der Waals surface area (Å²) in [5.41, 5.74) is 1.21. The molecule has 0 fully saturated rings. The molecule has 0 saturated heterocycles. The van der Waals surface area contributed by atoms with Crippen LogP contribution in [0.4, 0.5) is 0 Å². The van der Waals surface area contributed by atoms with Crippen molar-refractivity contribution in [2.75, 3.05) is 13.6 Å². The van der Waals surface area contributed by atoms with Crippen molar-refractivity contribution in [3.63, 3.8) is 0 Å². The van der Waals surface area contributed by atoms with E-state index in [1.807, 2.05) is 7.05 Å². The van der Waals surface area contributed by atoms with Crippen molar-refractivity contribution in [1.29, 1.82) is 0 Å². The second kappa shape index (κ2) is 4.77. The van der Waals surface area contributed by atoms with Crippen LogP contribution in [0.2, 0.25) is 0 Å². The standard InChI is InChI=1S/C11H17N3S/c1-3-9(7-12-2)6-10-8-14-4-5-15-11(14)13-10/h4-5,8-9,12H,3,6-7H2,1-2H3. The lowest BCUT2D eigenvalue weighted by molar-refractivity contribution is 0.477. The van der Waals surface area contributed by atoms with E-state index in [2.05, 4.69) is 39.4 Å². The fourth-order valence-electron chi connectivity index (χ4n) is 1.82. The molecule has 15 heavy (non-hydrogen) atoms. The van der Waals surface area contributed by atoms with Gasteiger partial charge in [-0.2, -0.15) is 0 Å². The highest BCUT2D eigenvalue weighted by Crippen LogP contribution is 2.15. The van der Waals surface area contributed by atoms with Gasteiger partial charge in [0, 0.05) is 17.8 Å². The van der Waals surface area contributed by atoms with Gasteiger partial charge in [-0.1, -0.05) is 13.3 Å². The van der Waals surface area contributed by atoms with Gasteiger partial charge in [0.05, 0.1) is 5.69 Å². The van der Waals surface area contributed by atoms with E-state index in [9.17, 15) is 0 Å². The Labute approximate surface area is 94.1 Å². The molecule has 3 nitrogen and oxygen atoms in total. The first-order valence-corrected chi connectivity index (χ1v) is 6.27. The van der Waals surface area contributed by atoms with Crippen molar-refractivity contribution in [2.24, 2.45) is 5.92 Å². The van der Waals surface area contributed by atoms with Gasteiger partial charge < -0.3 is 5.32 Å². The minimum absolute atomic E-state index is 0.694. The molecule has 1 unspecified atom stereocenters. The second-order valence-electron chi connectivity index (χ2n) is 3.86. The number of rotatable bonds is 5. The number of nitrogens with zero attached hydrogens (tertiary/aromatic N) is 2. The van der Waals surface area contributed by atoms with Gasteiger partial charge >= 0.3 is 0 Å². The molecular weight excluding hydrogens is 206 g/mol. The molecule has 1 atom stereocenters. The van der Waals surface area contributed by atoms with Gasteiger partial charge in [-0.25, -0.2) is 4.98 Å². The minimum atomic E-state index is 0.694. The summed E-state index contributed by atoms with van der Waals surface area (Å²) in [6.45, 7) is 3.31. The van der Waals surface area contributed by atoms with Gasteiger partial charge in [0.2, 0.25) is 0 Å². The third-order valence-corrected chi connectivity index (χ3v) is 3.48. The van der Waals surface area contributed by atoms with Gasteiger partial charge in [0.25, 0.3) is 0 Å². The van der Waals surface area contributed by atoms with Crippen LogP contribution in [0, 0.1) is 5.92 Å². The zero-order valence-electron chi connectivity index (χ0n) is 9.23. The highest BCUT2D eigenvalue weighted by molar-refractivity contribution is 7.15. The van der Waals surface area contributed by atoms with E-state index in [0.717, 1.165) is 17.9 Å². The Kier molecular flexibility index (Phi) is 3.38. The minimum Gasteiger partial charge on any atom is -0.319 e. The predicted molar refractivity (Wildman–Crippen MR) is 64.5 cm³/mol. The van der Waals surface area contributed by atoms with Crippen molar-refractivity contribution in [3.05, 3.63) is 23.5 Å². The molecule has 2 rings (SSSR count). The van der Waals surface area contributed by atoms with Crippen LogP contribution in [0.25, 0.3) is 4.96 Å². The van der Waals surface area contributed by atoms with Crippen LogP contribution in [0.3, 0.4) is 0 Å². The van der Waals surface area contributed by atoms with Crippen LogP contribution in [0.1, 0.15) is 19.0 Å². The quantitative estimate of drug-likeness (QED) is 0.842. The van der Waals surface area contributed by atoms with Gasteiger partial charge in [0.1, 0.15) is 0 Å². The number of thiazole rings is 1. The van der Waals surface area contributed by atoms with Crippen molar-refractivity contribution in [1.82, 2.24) is 14.7 Å². The Bertz CT molecular complexity index is 390. The molecule has 0 bridgehead atoms. The molecule has 2 aromatic rings. The van der Waals surface area contributed by atoms with Crippen LogP contribution in [0.5, 0.6) is 0 Å². The van der Waals surface area contributed by atoms with E-state index in [4.69, 9.17) is 0 Å². The molecule has 0 saturated carbocycles. The molecule has 0 radical (unpaired) electrons.